The van der Waals surface area contributed by atoms with Crippen molar-refractivity contribution in [2.75, 3.05) is 14.2 Å². The third-order valence-electron chi connectivity index (χ3n) is 4.58. The number of benzene rings is 1. The summed E-state index contributed by atoms with van der Waals surface area (Å²) >= 11 is 3.59. The average molecular weight is 371 g/mol. The summed E-state index contributed by atoms with van der Waals surface area (Å²) in [6.45, 7) is 4.11. The average Bonchev–Trinajstić information content (AvgIpc) is 2.96. The Morgan fingerprint density at radius 3 is 2.27 bits per heavy atom. The Morgan fingerprint density at radius 1 is 1.27 bits per heavy atom. The van der Waals surface area contributed by atoms with E-state index in [9.17, 15) is 9.90 Å². The van der Waals surface area contributed by atoms with Crippen molar-refractivity contribution in [1.29, 1.82) is 0 Å². The summed E-state index contributed by atoms with van der Waals surface area (Å²) in [6, 6.07) is 1.82. The molecular formula is C17H23BrO4. The zero-order chi connectivity index (χ0) is 16.5. The molecule has 1 aliphatic carbocycles. The fraction of sp³-hybridized carbons (Fsp3) is 0.588. The third kappa shape index (κ3) is 2.60. The normalized spacial score (nSPS) is 16.8. The van der Waals surface area contributed by atoms with Gasteiger partial charge in [-0.05, 0) is 30.4 Å². The molecule has 0 radical (unpaired) electrons. The van der Waals surface area contributed by atoms with E-state index < -0.39 is 11.4 Å². The first-order valence-electron chi connectivity index (χ1n) is 7.57. The summed E-state index contributed by atoms with van der Waals surface area (Å²) in [6.07, 6.45) is 3.20. The number of halogens is 1. The topological polar surface area (TPSA) is 55.8 Å². The molecule has 0 spiro atoms. The van der Waals surface area contributed by atoms with Gasteiger partial charge in [-0.1, -0.05) is 42.6 Å². The van der Waals surface area contributed by atoms with E-state index in [-0.39, 0.29) is 5.92 Å². The third-order valence-corrected chi connectivity index (χ3v) is 5.21. The van der Waals surface area contributed by atoms with Gasteiger partial charge < -0.3 is 14.6 Å². The van der Waals surface area contributed by atoms with Gasteiger partial charge >= 0.3 is 5.97 Å². The molecule has 22 heavy (non-hydrogen) atoms. The lowest BCUT2D eigenvalue weighted by molar-refractivity contribution is -0.143. The predicted molar refractivity (Wildman–Crippen MR) is 89.1 cm³/mol. The molecule has 0 saturated heterocycles. The highest BCUT2D eigenvalue weighted by atomic mass is 79.9. The van der Waals surface area contributed by atoms with Gasteiger partial charge in [0.25, 0.3) is 0 Å². The summed E-state index contributed by atoms with van der Waals surface area (Å²) in [7, 11) is 3.19. The Balaban J connectivity index is 2.82. The number of hydrogen-bond acceptors (Lipinski definition) is 3. The van der Waals surface area contributed by atoms with Crippen molar-refractivity contribution in [3.63, 3.8) is 0 Å². The van der Waals surface area contributed by atoms with E-state index in [1.165, 1.54) is 0 Å². The quantitative estimate of drug-likeness (QED) is 0.829. The molecule has 0 bridgehead atoms. The maximum atomic E-state index is 12.1. The van der Waals surface area contributed by atoms with Crippen LogP contribution in [0.25, 0.3) is 0 Å². The molecule has 1 aliphatic rings. The van der Waals surface area contributed by atoms with Crippen LogP contribution in [0.1, 0.15) is 56.6 Å². The number of carboxylic acid groups (broad SMARTS) is 1. The van der Waals surface area contributed by atoms with Crippen LogP contribution in [0.4, 0.5) is 0 Å². The summed E-state index contributed by atoms with van der Waals surface area (Å²) in [4.78, 5) is 12.1. The van der Waals surface area contributed by atoms with Gasteiger partial charge in [0.05, 0.1) is 19.6 Å². The van der Waals surface area contributed by atoms with E-state index in [2.05, 4.69) is 29.8 Å². The highest BCUT2D eigenvalue weighted by Crippen LogP contribution is 2.51. The number of hydrogen-bond donors (Lipinski definition) is 1. The largest absolute Gasteiger partial charge is 0.493 e. The highest BCUT2D eigenvalue weighted by molar-refractivity contribution is 9.10. The number of carboxylic acids is 1. The van der Waals surface area contributed by atoms with Crippen molar-refractivity contribution in [1.82, 2.24) is 0 Å². The Kier molecular flexibility index (Phi) is 5.05. The SMILES string of the molecule is COc1cc(Br)c(C2(C(=O)O)CCCC2)c(C(C)C)c1OC. The van der Waals surface area contributed by atoms with Crippen LogP contribution in [0.5, 0.6) is 11.5 Å². The summed E-state index contributed by atoms with van der Waals surface area (Å²) in [5.41, 5.74) is 0.945. The molecule has 0 aliphatic heterocycles. The van der Waals surface area contributed by atoms with Crippen LogP contribution in [0.3, 0.4) is 0 Å². The van der Waals surface area contributed by atoms with Gasteiger partial charge in [0.2, 0.25) is 0 Å². The lowest BCUT2D eigenvalue weighted by Gasteiger charge is -2.31. The van der Waals surface area contributed by atoms with E-state index in [1.54, 1.807) is 14.2 Å². The van der Waals surface area contributed by atoms with Crippen molar-refractivity contribution >= 4 is 21.9 Å². The fourth-order valence-corrected chi connectivity index (χ4v) is 4.38. The lowest BCUT2D eigenvalue weighted by Crippen LogP contribution is -2.34. The second-order valence-electron chi connectivity index (χ2n) is 6.13. The molecule has 122 valence electrons. The van der Waals surface area contributed by atoms with Crippen molar-refractivity contribution in [2.24, 2.45) is 0 Å². The molecule has 0 heterocycles. The molecule has 1 aromatic carbocycles. The van der Waals surface area contributed by atoms with Crippen molar-refractivity contribution < 1.29 is 19.4 Å². The van der Waals surface area contributed by atoms with Gasteiger partial charge in [0.15, 0.2) is 11.5 Å². The summed E-state index contributed by atoms with van der Waals surface area (Å²) in [5, 5.41) is 9.95. The van der Waals surface area contributed by atoms with E-state index in [4.69, 9.17) is 9.47 Å². The van der Waals surface area contributed by atoms with Gasteiger partial charge in [0, 0.05) is 10.0 Å². The molecule has 0 unspecified atom stereocenters. The zero-order valence-electron chi connectivity index (χ0n) is 13.5. The summed E-state index contributed by atoms with van der Waals surface area (Å²) < 4.78 is 11.8. The molecule has 2 rings (SSSR count). The standard InChI is InChI=1S/C17H23BrO4/c1-10(2)13-14(17(16(19)20)7-5-6-8-17)11(18)9-12(21-3)15(13)22-4/h9-10H,5-8H2,1-4H3,(H,19,20). The van der Waals surface area contributed by atoms with E-state index in [1.807, 2.05) is 6.07 Å². The Bertz CT molecular complexity index is 575. The molecule has 4 nitrogen and oxygen atoms in total. The first-order chi connectivity index (χ1) is 10.4. The molecule has 1 saturated carbocycles. The van der Waals surface area contributed by atoms with Crippen LogP contribution in [0, 0.1) is 0 Å². The van der Waals surface area contributed by atoms with Gasteiger partial charge in [-0.3, -0.25) is 4.79 Å². The van der Waals surface area contributed by atoms with E-state index in [0.717, 1.165) is 28.4 Å². The smallest absolute Gasteiger partial charge is 0.314 e. The molecule has 5 heteroatoms. The predicted octanol–water partition coefficient (Wildman–Crippen LogP) is 4.49. The van der Waals surface area contributed by atoms with E-state index >= 15 is 0 Å². The van der Waals surface area contributed by atoms with Crippen molar-refractivity contribution in [3.05, 3.63) is 21.7 Å². The first-order valence-corrected chi connectivity index (χ1v) is 8.36. The van der Waals surface area contributed by atoms with Crippen LogP contribution < -0.4 is 9.47 Å². The molecule has 1 N–H and O–H groups in total. The molecule has 1 aromatic rings. The van der Waals surface area contributed by atoms with Gasteiger partial charge in [-0.25, -0.2) is 0 Å². The van der Waals surface area contributed by atoms with Crippen molar-refractivity contribution in [2.45, 2.75) is 50.9 Å². The number of rotatable bonds is 5. The Labute approximate surface area is 139 Å². The van der Waals surface area contributed by atoms with Crippen LogP contribution in [-0.4, -0.2) is 25.3 Å². The Morgan fingerprint density at radius 2 is 1.86 bits per heavy atom. The van der Waals surface area contributed by atoms with Crippen molar-refractivity contribution in [3.8, 4) is 11.5 Å². The van der Waals surface area contributed by atoms with Crippen LogP contribution >= 0.6 is 15.9 Å². The Hall–Kier alpha value is -1.23. The minimum absolute atomic E-state index is 0.133. The minimum Gasteiger partial charge on any atom is -0.493 e. The highest BCUT2D eigenvalue weighted by Gasteiger charge is 2.46. The monoisotopic (exact) mass is 370 g/mol. The van der Waals surface area contributed by atoms with Crippen LogP contribution in [0.15, 0.2) is 10.5 Å². The number of carbonyl (C=O) groups is 1. The lowest BCUT2D eigenvalue weighted by atomic mass is 9.74. The maximum Gasteiger partial charge on any atom is 0.314 e. The zero-order valence-corrected chi connectivity index (χ0v) is 15.1. The first kappa shape index (κ1) is 17.1. The number of ether oxygens (including phenoxy) is 2. The summed E-state index contributed by atoms with van der Waals surface area (Å²) in [5.74, 6) is 0.650. The van der Waals surface area contributed by atoms with E-state index in [0.29, 0.717) is 24.3 Å². The molecule has 0 amide bonds. The maximum absolute atomic E-state index is 12.1. The number of aliphatic carboxylic acids is 1. The fourth-order valence-electron chi connectivity index (χ4n) is 3.58. The minimum atomic E-state index is -0.835. The van der Waals surface area contributed by atoms with Gasteiger partial charge in [0.1, 0.15) is 0 Å². The van der Waals surface area contributed by atoms with Crippen LogP contribution in [-0.2, 0) is 10.2 Å². The van der Waals surface area contributed by atoms with Gasteiger partial charge in [-0.15, -0.1) is 0 Å². The number of methoxy groups -OCH3 is 2. The molecule has 0 atom stereocenters. The van der Waals surface area contributed by atoms with Crippen LogP contribution in [0.2, 0.25) is 0 Å². The molecule has 1 fully saturated rings. The molecular weight excluding hydrogens is 348 g/mol. The van der Waals surface area contributed by atoms with Gasteiger partial charge in [-0.2, -0.15) is 0 Å². The second kappa shape index (κ2) is 6.49. The molecule has 0 aromatic heterocycles. The second-order valence-corrected chi connectivity index (χ2v) is 6.99.